The summed E-state index contributed by atoms with van der Waals surface area (Å²) >= 11 is 0. The highest BCUT2D eigenvalue weighted by Gasteiger charge is 2.37. The van der Waals surface area contributed by atoms with Gasteiger partial charge in [0.2, 0.25) is 5.78 Å². The molecule has 0 heterocycles. The summed E-state index contributed by atoms with van der Waals surface area (Å²) in [5.74, 6) is -0.562. The van der Waals surface area contributed by atoms with E-state index in [1.165, 1.54) is 51.5 Å². The van der Waals surface area contributed by atoms with Gasteiger partial charge in [-0.2, -0.15) is 0 Å². The van der Waals surface area contributed by atoms with Crippen LogP contribution in [0, 0.1) is 0 Å². The van der Waals surface area contributed by atoms with Crippen molar-refractivity contribution in [1.82, 2.24) is 5.32 Å². The van der Waals surface area contributed by atoms with Crippen molar-refractivity contribution in [3.63, 3.8) is 0 Å². The van der Waals surface area contributed by atoms with Crippen LogP contribution < -0.4 is 5.32 Å². The Morgan fingerprint density at radius 1 is 0.875 bits per heavy atom. The van der Waals surface area contributed by atoms with Gasteiger partial charge in [0.15, 0.2) is 5.60 Å². The fourth-order valence-electron chi connectivity index (χ4n) is 3.78. The number of nitrogens with one attached hydrogen (secondary N) is 1. The fraction of sp³-hybridized carbons (Fsp3) is 0.731. The van der Waals surface area contributed by atoms with Crippen LogP contribution >= 0.6 is 0 Å². The zero-order valence-corrected chi connectivity index (χ0v) is 20.5. The van der Waals surface area contributed by atoms with E-state index >= 15 is 0 Å². The van der Waals surface area contributed by atoms with Crippen molar-refractivity contribution >= 4 is 17.8 Å². The predicted molar refractivity (Wildman–Crippen MR) is 127 cm³/mol. The summed E-state index contributed by atoms with van der Waals surface area (Å²) in [4.78, 5) is 35.2. The number of hydrogen-bond acceptors (Lipinski definition) is 5. The lowest BCUT2D eigenvalue weighted by Gasteiger charge is -2.29. The van der Waals surface area contributed by atoms with Crippen LogP contribution in [0.25, 0.3) is 0 Å². The highest BCUT2D eigenvalue weighted by Crippen LogP contribution is 2.27. The summed E-state index contributed by atoms with van der Waals surface area (Å²) in [5, 5.41) is 2.80. The molecule has 0 radical (unpaired) electrons. The van der Waals surface area contributed by atoms with Crippen molar-refractivity contribution in [2.45, 2.75) is 116 Å². The van der Waals surface area contributed by atoms with E-state index in [0.29, 0.717) is 13.0 Å². The van der Waals surface area contributed by atoms with Crippen LogP contribution in [-0.4, -0.2) is 35.6 Å². The van der Waals surface area contributed by atoms with Gasteiger partial charge in [-0.1, -0.05) is 69.9 Å². The first kappa shape index (κ1) is 27.9. The van der Waals surface area contributed by atoms with E-state index in [1.807, 2.05) is 20.8 Å². The van der Waals surface area contributed by atoms with Gasteiger partial charge in [-0.05, 0) is 52.2 Å². The Labute approximate surface area is 194 Å². The van der Waals surface area contributed by atoms with E-state index in [0.717, 1.165) is 32.1 Å². The van der Waals surface area contributed by atoms with Gasteiger partial charge >= 0.3 is 12.1 Å². The Hall–Kier alpha value is -2.11. The Balaban J connectivity index is 1.96. The van der Waals surface area contributed by atoms with Crippen molar-refractivity contribution < 1.29 is 23.9 Å². The summed E-state index contributed by atoms with van der Waals surface area (Å²) in [5.41, 5.74) is -1.54. The van der Waals surface area contributed by atoms with E-state index in [-0.39, 0.29) is 11.9 Å². The maximum atomic E-state index is 12.2. The molecule has 0 bridgehead atoms. The fourth-order valence-corrected chi connectivity index (χ4v) is 3.78. The van der Waals surface area contributed by atoms with E-state index in [1.54, 1.807) is 18.2 Å². The number of unbranched alkanes of at least 4 members (excludes halogenated alkanes) is 10. The van der Waals surface area contributed by atoms with Crippen LogP contribution in [-0.2, 0) is 19.1 Å². The van der Waals surface area contributed by atoms with Crippen LogP contribution in [0.1, 0.15) is 105 Å². The summed E-state index contributed by atoms with van der Waals surface area (Å²) < 4.78 is 10.6. The molecule has 0 aromatic rings. The monoisotopic (exact) mass is 449 g/mol. The minimum Gasteiger partial charge on any atom is -0.447 e. The first-order valence-corrected chi connectivity index (χ1v) is 12.2. The lowest BCUT2D eigenvalue weighted by molar-refractivity contribution is -0.159. The van der Waals surface area contributed by atoms with Gasteiger partial charge in [-0.3, -0.25) is 9.59 Å². The van der Waals surface area contributed by atoms with Crippen LogP contribution in [0.15, 0.2) is 24.3 Å². The largest absolute Gasteiger partial charge is 0.447 e. The van der Waals surface area contributed by atoms with Crippen molar-refractivity contribution in [1.29, 1.82) is 0 Å². The molecule has 0 saturated heterocycles. The molecule has 0 aromatic heterocycles. The van der Waals surface area contributed by atoms with E-state index in [2.05, 4.69) is 5.32 Å². The molecule has 1 amide bonds. The van der Waals surface area contributed by atoms with Gasteiger partial charge in [0.05, 0.1) is 0 Å². The minimum atomic E-state index is -1.09. The SMILES string of the molecule is CC(=O)OC1(CCCCCCCCCCCCCNC(=O)OC(C)(C)C)C=CC=CC1=O. The molecule has 182 valence electrons. The molecule has 1 unspecified atom stereocenters. The third-order valence-corrected chi connectivity index (χ3v) is 5.36. The maximum Gasteiger partial charge on any atom is 0.407 e. The predicted octanol–water partition coefficient (Wildman–Crippen LogP) is 6.19. The van der Waals surface area contributed by atoms with Crippen LogP contribution in [0.2, 0.25) is 0 Å². The second-order valence-electron chi connectivity index (χ2n) is 9.63. The molecular formula is C26H43NO5. The van der Waals surface area contributed by atoms with E-state index < -0.39 is 17.2 Å². The highest BCUT2D eigenvalue weighted by molar-refractivity contribution is 6.01. The molecule has 0 aliphatic heterocycles. The second kappa shape index (κ2) is 14.9. The zero-order chi connectivity index (χ0) is 23.9. The van der Waals surface area contributed by atoms with Crippen molar-refractivity contribution in [3.05, 3.63) is 24.3 Å². The number of alkyl carbamates (subject to hydrolysis) is 1. The maximum absolute atomic E-state index is 12.2. The van der Waals surface area contributed by atoms with Gasteiger partial charge in [-0.15, -0.1) is 0 Å². The molecule has 6 heteroatoms. The Morgan fingerprint density at radius 2 is 1.41 bits per heavy atom. The number of esters is 1. The minimum absolute atomic E-state index is 0.143. The van der Waals surface area contributed by atoms with E-state index in [4.69, 9.17) is 9.47 Å². The molecule has 0 spiro atoms. The van der Waals surface area contributed by atoms with Crippen LogP contribution in [0.5, 0.6) is 0 Å². The van der Waals surface area contributed by atoms with Crippen LogP contribution in [0.4, 0.5) is 4.79 Å². The molecule has 1 rings (SSSR count). The summed E-state index contributed by atoms with van der Waals surface area (Å²) in [6.07, 6.45) is 19.4. The molecule has 0 fully saturated rings. The van der Waals surface area contributed by atoms with E-state index in [9.17, 15) is 14.4 Å². The molecule has 6 nitrogen and oxygen atoms in total. The quantitative estimate of drug-likeness (QED) is 0.238. The summed E-state index contributed by atoms with van der Waals surface area (Å²) in [7, 11) is 0. The first-order chi connectivity index (χ1) is 15.1. The molecule has 0 saturated carbocycles. The smallest absolute Gasteiger partial charge is 0.407 e. The lowest BCUT2D eigenvalue weighted by atomic mass is 9.87. The average molecular weight is 450 g/mol. The van der Waals surface area contributed by atoms with Gasteiger partial charge in [0.25, 0.3) is 0 Å². The third kappa shape index (κ3) is 12.7. The zero-order valence-electron chi connectivity index (χ0n) is 20.5. The topological polar surface area (TPSA) is 81.7 Å². The Bertz CT molecular complexity index is 647. The molecule has 1 aliphatic carbocycles. The summed E-state index contributed by atoms with van der Waals surface area (Å²) in [6.45, 7) is 7.61. The second-order valence-corrected chi connectivity index (χ2v) is 9.63. The van der Waals surface area contributed by atoms with Gasteiger partial charge in [0.1, 0.15) is 5.60 Å². The molecule has 1 aliphatic rings. The van der Waals surface area contributed by atoms with Gasteiger partial charge in [0, 0.05) is 13.5 Å². The molecule has 0 aromatic carbocycles. The number of allylic oxidation sites excluding steroid dienone is 2. The van der Waals surface area contributed by atoms with Crippen molar-refractivity contribution in [3.8, 4) is 0 Å². The normalized spacial score (nSPS) is 17.9. The van der Waals surface area contributed by atoms with Gasteiger partial charge in [-0.25, -0.2) is 4.79 Å². The highest BCUT2D eigenvalue weighted by atomic mass is 16.6. The van der Waals surface area contributed by atoms with Gasteiger partial charge < -0.3 is 14.8 Å². The number of rotatable bonds is 15. The van der Waals surface area contributed by atoms with Crippen molar-refractivity contribution in [2.24, 2.45) is 0 Å². The molecule has 1 N–H and O–H groups in total. The number of carbonyl (C=O) groups is 3. The van der Waals surface area contributed by atoms with Crippen LogP contribution in [0.3, 0.4) is 0 Å². The molecule has 1 atom stereocenters. The number of ketones is 1. The lowest BCUT2D eigenvalue weighted by Crippen LogP contribution is -2.41. The first-order valence-electron chi connectivity index (χ1n) is 12.2. The Kier molecular flexibility index (Phi) is 13.0. The number of amides is 1. The summed E-state index contributed by atoms with van der Waals surface area (Å²) in [6, 6.07) is 0. The average Bonchev–Trinajstić information content (AvgIpc) is 2.68. The Morgan fingerprint density at radius 3 is 1.91 bits per heavy atom. The standard InChI is InChI=1S/C26H43NO5/c1-22(28)31-26(20-16-14-18-23(26)29)19-15-12-10-8-6-5-7-9-11-13-17-21-27-24(30)32-25(2,3)4/h14,16,18,20H,5-13,15,17,19,21H2,1-4H3,(H,27,30). The number of ether oxygens (including phenoxy) is 2. The number of hydrogen-bond donors (Lipinski definition) is 1. The molecule has 32 heavy (non-hydrogen) atoms. The number of carbonyl (C=O) groups excluding carboxylic acids is 3. The van der Waals surface area contributed by atoms with Crippen molar-refractivity contribution in [2.75, 3.05) is 6.54 Å². The third-order valence-electron chi connectivity index (χ3n) is 5.36. The molecular weight excluding hydrogens is 406 g/mol.